The number of phenolic OH excluding ortho intramolecular Hbond substituents is 4. The molecule has 0 aliphatic carbocycles. The van der Waals surface area contributed by atoms with Crippen LogP contribution in [0.3, 0.4) is 0 Å². The lowest BCUT2D eigenvalue weighted by molar-refractivity contribution is 0.378. The van der Waals surface area contributed by atoms with Gasteiger partial charge in [-0.3, -0.25) is 0 Å². The molecule has 11 aromatic rings. The molecule has 11 rings (SSSR count). The van der Waals surface area contributed by atoms with E-state index in [0.29, 0.717) is 11.1 Å². The summed E-state index contributed by atoms with van der Waals surface area (Å²) >= 11 is 0. The fraction of sp³-hybridized carbons (Fsp3) is 0. The van der Waals surface area contributed by atoms with Crippen molar-refractivity contribution in [1.82, 2.24) is 0 Å². The molecule has 0 spiro atoms. The summed E-state index contributed by atoms with van der Waals surface area (Å²) < 4.78 is 0. The number of hydrogen-bond donors (Lipinski definition) is 4. The van der Waals surface area contributed by atoms with Gasteiger partial charge in [-0.25, -0.2) is 0 Å². The zero-order valence-corrected chi connectivity index (χ0v) is 31.1. The van der Waals surface area contributed by atoms with Crippen molar-refractivity contribution >= 4 is 53.9 Å². The molecule has 0 radical (unpaired) electrons. The quantitative estimate of drug-likeness (QED) is 0.0612. The minimum Gasteiger partial charge on any atom is -0.504 e. The second-order valence-electron chi connectivity index (χ2n) is 15.0. The number of phenols is 4. The van der Waals surface area contributed by atoms with Crippen LogP contribution in [0.5, 0.6) is 23.0 Å². The third-order valence-electron chi connectivity index (χ3n) is 11.8. The van der Waals surface area contributed by atoms with Crippen molar-refractivity contribution in [2.75, 3.05) is 0 Å². The topological polar surface area (TPSA) is 80.9 Å². The van der Waals surface area contributed by atoms with Crippen LogP contribution in [0.2, 0.25) is 0 Å². The average Bonchev–Trinajstić information content (AvgIpc) is 3.28. The molecular weight excluding hydrogens is 713 g/mol. The summed E-state index contributed by atoms with van der Waals surface area (Å²) in [6, 6.07) is 61.3. The standard InChI is InChI=1S/C54H34O4/c55-51-48(40-26-35-24-22-33-16-11-17-34-23-25-36(27-40)46(35)45(33)34)52(56)54(58)50(53(51)57)49-43-20-9-7-18-41(43)47(42-19-8-10-21-44(42)49)39-29-37(31-12-3-1-4-13-31)28-38(30-39)32-14-5-2-6-15-32/h1-30,55-58H. The molecule has 0 fully saturated rings. The van der Waals surface area contributed by atoms with Crippen LogP contribution in [-0.2, 0) is 0 Å². The van der Waals surface area contributed by atoms with E-state index >= 15 is 0 Å². The lowest BCUT2D eigenvalue weighted by atomic mass is 9.83. The van der Waals surface area contributed by atoms with Crippen LogP contribution in [0.15, 0.2) is 182 Å². The molecule has 0 atom stereocenters. The smallest absolute Gasteiger partial charge is 0.170 e. The van der Waals surface area contributed by atoms with Crippen molar-refractivity contribution in [2.45, 2.75) is 0 Å². The van der Waals surface area contributed by atoms with E-state index in [-0.39, 0.29) is 11.1 Å². The Morgan fingerprint density at radius 3 is 1.07 bits per heavy atom. The van der Waals surface area contributed by atoms with E-state index in [2.05, 4.69) is 66.7 Å². The van der Waals surface area contributed by atoms with Gasteiger partial charge in [0.1, 0.15) is 0 Å². The van der Waals surface area contributed by atoms with Gasteiger partial charge in [0.15, 0.2) is 23.0 Å². The summed E-state index contributed by atoms with van der Waals surface area (Å²) in [4.78, 5) is 0. The largest absolute Gasteiger partial charge is 0.504 e. The monoisotopic (exact) mass is 746 g/mol. The van der Waals surface area contributed by atoms with Gasteiger partial charge in [0, 0.05) is 5.56 Å². The Morgan fingerprint density at radius 2 is 0.586 bits per heavy atom. The Hall–Kier alpha value is -7.82. The maximum Gasteiger partial charge on any atom is 0.170 e. The molecule has 274 valence electrons. The highest BCUT2D eigenvalue weighted by Crippen LogP contribution is 2.58. The van der Waals surface area contributed by atoms with Gasteiger partial charge in [0.25, 0.3) is 0 Å². The number of aromatic hydroxyl groups is 4. The van der Waals surface area contributed by atoms with Crippen LogP contribution in [0.25, 0.3) is 109 Å². The third-order valence-corrected chi connectivity index (χ3v) is 11.8. The van der Waals surface area contributed by atoms with Gasteiger partial charge in [-0.05, 0) is 123 Å². The number of fused-ring (bicyclic) bond motifs is 2. The molecule has 4 heteroatoms. The van der Waals surface area contributed by atoms with Crippen molar-refractivity contribution in [3.63, 3.8) is 0 Å². The van der Waals surface area contributed by atoms with Crippen molar-refractivity contribution in [2.24, 2.45) is 0 Å². The first kappa shape index (κ1) is 33.5. The highest BCUT2D eigenvalue weighted by molar-refractivity contribution is 6.25. The molecule has 0 aromatic heterocycles. The Morgan fingerprint density at radius 1 is 0.224 bits per heavy atom. The van der Waals surface area contributed by atoms with Gasteiger partial charge in [0.2, 0.25) is 0 Å². The molecule has 4 N–H and O–H groups in total. The predicted octanol–water partition coefficient (Wildman–Crippen LogP) is 14.0. The van der Waals surface area contributed by atoms with E-state index in [1.54, 1.807) is 0 Å². The molecule has 0 amide bonds. The molecule has 4 nitrogen and oxygen atoms in total. The average molecular weight is 747 g/mol. The van der Waals surface area contributed by atoms with Gasteiger partial charge in [-0.15, -0.1) is 0 Å². The molecular formula is C54H34O4. The number of rotatable bonds is 5. The molecule has 0 bridgehead atoms. The Bertz CT molecular complexity index is 3220. The first-order valence-electron chi connectivity index (χ1n) is 19.3. The molecule has 11 aromatic carbocycles. The summed E-state index contributed by atoms with van der Waals surface area (Å²) in [5.74, 6) is -2.07. The molecule has 0 unspecified atom stereocenters. The number of hydrogen-bond acceptors (Lipinski definition) is 4. The van der Waals surface area contributed by atoms with Crippen LogP contribution in [0, 0.1) is 0 Å². The SMILES string of the molecule is Oc1c(O)c(-c2c3ccccc3c(-c3cc(-c4ccccc4)cc(-c4ccccc4)c3)c3ccccc23)c(O)c(O)c1-c1cc2ccc3cccc4ccc(c1)c2c34. The fourth-order valence-electron chi connectivity index (χ4n) is 9.18. The molecule has 58 heavy (non-hydrogen) atoms. The molecule has 0 heterocycles. The normalized spacial score (nSPS) is 11.7. The Kier molecular flexibility index (Phi) is 7.44. The first-order valence-corrected chi connectivity index (χ1v) is 19.3. The third kappa shape index (κ3) is 5.02. The Labute approximate surface area is 333 Å². The number of benzene rings is 11. The van der Waals surface area contributed by atoms with Gasteiger partial charge >= 0.3 is 0 Å². The van der Waals surface area contributed by atoms with Crippen molar-refractivity contribution in [1.29, 1.82) is 0 Å². The second kappa shape index (κ2) is 12.9. The van der Waals surface area contributed by atoms with E-state index in [1.807, 2.05) is 115 Å². The molecule has 0 aliphatic heterocycles. The van der Waals surface area contributed by atoms with Gasteiger partial charge in [0.05, 0.1) is 11.1 Å². The van der Waals surface area contributed by atoms with Gasteiger partial charge in [-0.2, -0.15) is 0 Å². The van der Waals surface area contributed by atoms with Gasteiger partial charge < -0.3 is 20.4 Å². The van der Waals surface area contributed by atoms with Crippen molar-refractivity contribution < 1.29 is 20.4 Å². The van der Waals surface area contributed by atoms with E-state index < -0.39 is 23.0 Å². The predicted molar refractivity (Wildman–Crippen MR) is 239 cm³/mol. The Balaban J connectivity index is 1.16. The minimum atomic E-state index is -0.518. The fourth-order valence-corrected chi connectivity index (χ4v) is 9.18. The van der Waals surface area contributed by atoms with Gasteiger partial charge in [-0.1, -0.05) is 152 Å². The second-order valence-corrected chi connectivity index (χ2v) is 15.0. The van der Waals surface area contributed by atoms with E-state index in [4.69, 9.17) is 0 Å². The summed E-state index contributed by atoms with van der Waals surface area (Å²) in [6.45, 7) is 0. The molecule has 0 saturated heterocycles. The summed E-state index contributed by atoms with van der Waals surface area (Å²) in [5, 5.41) is 57.6. The highest BCUT2D eigenvalue weighted by Gasteiger charge is 2.29. The molecule has 0 aliphatic rings. The van der Waals surface area contributed by atoms with Crippen molar-refractivity contribution in [3.8, 4) is 78.6 Å². The van der Waals surface area contributed by atoms with E-state index in [9.17, 15) is 20.4 Å². The van der Waals surface area contributed by atoms with E-state index in [0.717, 1.165) is 87.2 Å². The van der Waals surface area contributed by atoms with Crippen LogP contribution in [0.1, 0.15) is 0 Å². The highest BCUT2D eigenvalue weighted by atomic mass is 16.3. The maximum atomic E-state index is 12.1. The summed E-state index contributed by atoms with van der Waals surface area (Å²) in [6.07, 6.45) is 0. The summed E-state index contributed by atoms with van der Waals surface area (Å²) in [5.41, 5.74) is 7.21. The maximum absolute atomic E-state index is 12.1. The zero-order valence-electron chi connectivity index (χ0n) is 31.1. The minimum absolute atomic E-state index is 0.0411. The van der Waals surface area contributed by atoms with Crippen molar-refractivity contribution in [3.05, 3.63) is 182 Å². The van der Waals surface area contributed by atoms with E-state index in [1.165, 1.54) is 0 Å². The molecule has 0 saturated carbocycles. The lowest BCUT2D eigenvalue weighted by Crippen LogP contribution is -1.94. The zero-order chi connectivity index (χ0) is 39.1. The van der Waals surface area contributed by atoms with Crippen LogP contribution in [-0.4, -0.2) is 20.4 Å². The van der Waals surface area contributed by atoms with Crippen LogP contribution >= 0.6 is 0 Å². The summed E-state index contributed by atoms with van der Waals surface area (Å²) in [7, 11) is 0. The first-order chi connectivity index (χ1) is 28.4. The van der Waals surface area contributed by atoms with Crippen LogP contribution < -0.4 is 0 Å². The lowest BCUT2D eigenvalue weighted by Gasteiger charge is -2.22. The van der Waals surface area contributed by atoms with Crippen LogP contribution in [0.4, 0.5) is 0 Å².